The molecule has 0 radical (unpaired) electrons. The molecule has 4 aliphatic rings. The van der Waals surface area contributed by atoms with Gasteiger partial charge in [0, 0.05) is 44.9 Å². The van der Waals surface area contributed by atoms with Crippen molar-refractivity contribution in [3.63, 3.8) is 0 Å². The van der Waals surface area contributed by atoms with E-state index in [2.05, 4.69) is 29.2 Å². The van der Waals surface area contributed by atoms with Gasteiger partial charge in [-0.15, -0.1) is 12.4 Å². The van der Waals surface area contributed by atoms with Gasteiger partial charge >= 0.3 is 6.09 Å². The van der Waals surface area contributed by atoms with Crippen LogP contribution < -0.4 is 0 Å². The molecule has 0 bridgehead atoms. The molecule has 3 heterocycles. The molecule has 4 fully saturated rings. The third-order valence-corrected chi connectivity index (χ3v) is 11.5. The van der Waals surface area contributed by atoms with E-state index >= 15 is 0 Å². The molecule has 2 atom stereocenters. The molecule has 0 aromatic heterocycles. The highest BCUT2D eigenvalue weighted by Crippen LogP contribution is 2.43. The van der Waals surface area contributed by atoms with E-state index in [0.29, 0.717) is 30.4 Å². The van der Waals surface area contributed by atoms with Gasteiger partial charge in [-0.3, -0.25) is 4.79 Å². The summed E-state index contributed by atoms with van der Waals surface area (Å²) in [5, 5.41) is 0. The van der Waals surface area contributed by atoms with E-state index in [0.717, 1.165) is 76.7 Å². The summed E-state index contributed by atoms with van der Waals surface area (Å²) in [6, 6.07) is 17.4. The van der Waals surface area contributed by atoms with Gasteiger partial charge in [0.2, 0.25) is 5.91 Å². The van der Waals surface area contributed by atoms with E-state index in [1.807, 2.05) is 28.0 Å². The van der Waals surface area contributed by atoms with Gasteiger partial charge in [-0.25, -0.2) is 13.2 Å². The van der Waals surface area contributed by atoms with Crippen molar-refractivity contribution in [2.24, 2.45) is 11.3 Å². The number of sulfone groups is 1. The van der Waals surface area contributed by atoms with Crippen molar-refractivity contribution in [3.8, 4) is 0 Å². The van der Waals surface area contributed by atoms with Crippen molar-refractivity contribution in [2.75, 3.05) is 45.5 Å². The Bertz CT molecular complexity index is 1390. The first-order chi connectivity index (χ1) is 20.7. The molecule has 1 spiro atoms. The van der Waals surface area contributed by atoms with Crippen LogP contribution in [0.1, 0.15) is 68.4 Å². The number of piperidine rings is 1. The molecule has 2 aromatic carbocycles. The molecule has 2 amide bonds. The molecule has 6 rings (SSSR count). The standard InChI is InChI=1S/C34H45N3O5S.ClH/c1-43(40,41)30-14-12-26(13-15-30)22-36-21-18-34(32(36)38)16-19-35(20-17-34)23-28-24-37(25-31(28)27-8-4-2-5-9-27)33(39)42-29-10-6-3-7-11-29;/h2,4-5,8-9,12-15,28-29,31H,3,6-7,10-11,16-25H2,1H3;1H/t28-,31+;/m0./s1. The molecule has 10 heteroatoms. The second kappa shape index (κ2) is 13.8. The second-order valence-corrected chi connectivity index (χ2v) is 15.3. The molecule has 240 valence electrons. The van der Waals surface area contributed by atoms with Gasteiger partial charge in [-0.2, -0.15) is 0 Å². The molecule has 2 aromatic rings. The summed E-state index contributed by atoms with van der Waals surface area (Å²) in [5.41, 5.74) is 1.93. The number of amides is 2. The highest BCUT2D eigenvalue weighted by molar-refractivity contribution is 7.90. The minimum absolute atomic E-state index is 0. The third-order valence-electron chi connectivity index (χ3n) is 10.4. The average molecular weight is 644 g/mol. The largest absolute Gasteiger partial charge is 0.446 e. The Balaban J connectivity index is 0.00000384. The normalized spacial score (nSPS) is 24.4. The van der Waals surface area contributed by atoms with Crippen LogP contribution in [0.5, 0.6) is 0 Å². The van der Waals surface area contributed by atoms with Gasteiger partial charge in [0.15, 0.2) is 9.84 Å². The van der Waals surface area contributed by atoms with Crippen LogP contribution in [0.3, 0.4) is 0 Å². The van der Waals surface area contributed by atoms with Crippen molar-refractivity contribution < 1.29 is 22.7 Å². The number of nitrogens with zero attached hydrogens (tertiary/aromatic N) is 3. The van der Waals surface area contributed by atoms with Crippen LogP contribution in [0.2, 0.25) is 0 Å². The van der Waals surface area contributed by atoms with E-state index in [1.54, 1.807) is 12.1 Å². The van der Waals surface area contributed by atoms with E-state index in [4.69, 9.17) is 4.74 Å². The number of rotatable bonds is 7. The minimum atomic E-state index is -3.24. The Morgan fingerprint density at radius 2 is 1.57 bits per heavy atom. The zero-order valence-electron chi connectivity index (χ0n) is 25.7. The van der Waals surface area contributed by atoms with Gasteiger partial charge in [-0.05, 0) is 87.2 Å². The first-order valence-electron chi connectivity index (χ1n) is 16.0. The number of benzene rings is 2. The summed E-state index contributed by atoms with van der Waals surface area (Å²) in [5.74, 6) is 0.828. The van der Waals surface area contributed by atoms with E-state index in [-0.39, 0.29) is 41.8 Å². The average Bonchev–Trinajstić information content (AvgIpc) is 3.56. The number of ether oxygens (including phenoxy) is 1. The quantitative estimate of drug-likeness (QED) is 0.396. The number of carbonyl (C=O) groups excluding carboxylic acids is 2. The molecule has 0 unspecified atom stereocenters. The number of hydrogen-bond acceptors (Lipinski definition) is 6. The summed E-state index contributed by atoms with van der Waals surface area (Å²) in [6.07, 6.45) is 9.16. The van der Waals surface area contributed by atoms with Crippen molar-refractivity contribution in [3.05, 3.63) is 65.7 Å². The Kier molecular flexibility index (Phi) is 10.3. The van der Waals surface area contributed by atoms with E-state index in [1.165, 1.54) is 18.2 Å². The Labute approximate surface area is 268 Å². The first kappa shape index (κ1) is 32.8. The first-order valence-corrected chi connectivity index (χ1v) is 17.9. The molecule has 3 aliphatic heterocycles. The Morgan fingerprint density at radius 3 is 2.23 bits per heavy atom. The molecule has 0 N–H and O–H groups in total. The predicted molar refractivity (Wildman–Crippen MR) is 173 cm³/mol. The Hall–Kier alpha value is -2.62. The fourth-order valence-electron chi connectivity index (χ4n) is 7.75. The lowest BCUT2D eigenvalue weighted by atomic mass is 9.76. The summed E-state index contributed by atoms with van der Waals surface area (Å²) < 4.78 is 29.5. The highest BCUT2D eigenvalue weighted by atomic mass is 35.5. The number of halogens is 1. The van der Waals surface area contributed by atoms with Crippen LogP contribution >= 0.6 is 12.4 Å². The van der Waals surface area contributed by atoms with Crippen LogP contribution in [0.4, 0.5) is 4.79 Å². The molecule has 8 nitrogen and oxygen atoms in total. The molecule has 3 saturated heterocycles. The zero-order valence-corrected chi connectivity index (χ0v) is 27.4. The van der Waals surface area contributed by atoms with Gasteiger partial charge in [-0.1, -0.05) is 48.9 Å². The lowest BCUT2D eigenvalue weighted by Crippen LogP contribution is -2.46. The lowest BCUT2D eigenvalue weighted by molar-refractivity contribution is -0.139. The monoisotopic (exact) mass is 643 g/mol. The molecule has 1 saturated carbocycles. The summed E-state index contributed by atoms with van der Waals surface area (Å²) >= 11 is 0. The fraction of sp³-hybridized carbons (Fsp3) is 0.588. The van der Waals surface area contributed by atoms with Crippen LogP contribution in [-0.4, -0.2) is 86.7 Å². The molecular weight excluding hydrogens is 598 g/mol. The highest BCUT2D eigenvalue weighted by Gasteiger charge is 2.48. The topological polar surface area (TPSA) is 87.2 Å². The van der Waals surface area contributed by atoms with E-state index < -0.39 is 9.84 Å². The van der Waals surface area contributed by atoms with Crippen molar-refractivity contribution >= 4 is 34.2 Å². The van der Waals surface area contributed by atoms with Crippen molar-refractivity contribution in [1.82, 2.24) is 14.7 Å². The second-order valence-electron chi connectivity index (χ2n) is 13.3. The fourth-order valence-corrected chi connectivity index (χ4v) is 8.38. The summed E-state index contributed by atoms with van der Waals surface area (Å²) in [6.45, 7) is 5.33. The van der Waals surface area contributed by atoms with Crippen molar-refractivity contribution in [2.45, 2.75) is 74.8 Å². The predicted octanol–water partition coefficient (Wildman–Crippen LogP) is 5.51. The molecule has 1 aliphatic carbocycles. The number of hydrogen-bond donors (Lipinski definition) is 0. The number of carbonyl (C=O) groups is 2. The molecular formula is C34H46ClN3O5S. The minimum Gasteiger partial charge on any atom is -0.446 e. The number of likely N-dealkylation sites (tertiary alicyclic amines) is 3. The smallest absolute Gasteiger partial charge is 0.410 e. The maximum atomic E-state index is 13.6. The maximum Gasteiger partial charge on any atom is 0.410 e. The van der Waals surface area contributed by atoms with Gasteiger partial charge in [0.25, 0.3) is 0 Å². The van der Waals surface area contributed by atoms with Crippen LogP contribution in [0.25, 0.3) is 0 Å². The van der Waals surface area contributed by atoms with Gasteiger partial charge < -0.3 is 19.4 Å². The van der Waals surface area contributed by atoms with Gasteiger partial charge in [0.05, 0.1) is 10.3 Å². The summed E-state index contributed by atoms with van der Waals surface area (Å²) in [4.78, 5) is 33.5. The Morgan fingerprint density at radius 1 is 0.909 bits per heavy atom. The molecule has 44 heavy (non-hydrogen) atoms. The van der Waals surface area contributed by atoms with Crippen LogP contribution in [-0.2, 0) is 25.9 Å². The SMILES string of the molecule is CS(=O)(=O)c1ccc(CN2CCC3(CCN(C[C@H]4CN(C(=O)OC5CCCCC5)C[C@@H]4c4ccccc4)CC3)C2=O)cc1.Cl. The zero-order chi connectivity index (χ0) is 30.0. The third kappa shape index (κ3) is 7.26. The van der Waals surface area contributed by atoms with Crippen LogP contribution in [0.15, 0.2) is 59.5 Å². The van der Waals surface area contributed by atoms with Gasteiger partial charge in [0.1, 0.15) is 6.10 Å². The maximum absolute atomic E-state index is 13.6. The van der Waals surface area contributed by atoms with Crippen molar-refractivity contribution in [1.29, 1.82) is 0 Å². The van der Waals surface area contributed by atoms with Crippen LogP contribution in [0, 0.1) is 11.3 Å². The van der Waals surface area contributed by atoms with E-state index in [9.17, 15) is 18.0 Å². The summed E-state index contributed by atoms with van der Waals surface area (Å²) in [7, 11) is -3.24. The lowest BCUT2D eigenvalue weighted by Gasteiger charge is -2.39.